The molecule has 0 saturated carbocycles. The molecule has 0 radical (unpaired) electrons. The van der Waals surface area contributed by atoms with E-state index in [9.17, 15) is 4.79 Å². The van der Waals surface area contributed by atoms with Crippen molar-refractivity contribution in [3.63, 3.8) is 0 Å². The third kappa shape index (κ3) is 4.35. The van der Waals surface area contributed by atoms with Gasteiger partial charge in [0.25, 0.3) is 0 Å². The minimum atomic E-state index is -0.272. The fraction of sp³-hybridized carbons (Fsp3) is 0.444. The first-order valence-electron chi connectivity index (χ1n) is 8.39. The van der Waals surface area contributed by atoms with Crippen molar-refractivity contribution in [3.05, 3.63) is 41.7 Å². The van der Waals surface area contributed by atoms with Gasteiger partial charge in [0, 0.05) is 18.5 Å². The average Bonchev–Trinajstić information content (AvgIpc) is 2.99. The molecule has 2 N–H and O–H groups in total. The molecule has 6 nitrogen and oxygen atoms in total. The Morgan fingerprint density at radius 2 is 2.08 bits per heavy atom. The van der Waals surface area contributed by atoms with Crippen molar-refractivity contribution in [2.75, 3.05) is 17.2 Å². The van der Waals surface area contributed by atoms with E-state index in [0.717, 1.165) is 37.2 Å². The Bertz CT molecular complexity index is 705. The first kappa shape index (κ1) is 16.5. The number of urea groups is 1. The lowest BCUT2D eigenvalue weighted by molar-refractivity contribution is 0.00401. The minimum absolute atomic E-state index is 0.218. The fourth-order valence-corrected chi connectivity index (χ4v) is 2.80. The van der Waals surface area contributed by atoms with E-state index in [4.69, 9.17) is 4.74 Å². The summed E-state index contributed by atoms with van der Waals surface area (Å²) in [6, 6.07) is 5.57. The van der Waals surface area contributed by atoms with E-state index in [1.165, 1.54) is 12.0 Å². The van der Waals surface area contributed by atoms with Gasteiger partial charge in [0.2, 0.25) is 0 Å². The van der Waals surface area contributed by atoms with Crippen LogP contribution in [0, 0.1) is 13.8 Å². The van der Waals surface area contributed by atoms with Crippen LogP contribution in [0.3, 0.4) is 0 Å². The predicted octanol–water partition coefficient (Wildman–Crippen LogP) is 3.71. The molecule has 2 amide bonds. The molecule has 1 saturated heterocycles. The number of anilines is 2. The van der Waals surface area contributed by atoms with Crippen LogP contribution in [0.25, 0.3) is 0 Å². The summed E-state index contributed by atoms with van der Waals surface area (Å²) < 4.78 is 7.53. The molecule has 3 rings (SSSR count). The van der Waals surface area contributed by atoms with Crippen LogP contribution in [-0.4, -0.2) is 28.5 Å². The number of carbonyl (C=O) groups is 1. The number of hydrogen-bond donors (Lipinski definition) is 2. The summed E-state index contributed by atoms with van der Waals surface area (Å²) in [4.78, 5) is 12.1. The van der Waals surface area contributed by atoms with Gasteiger partial charge in [-0.05, 0) is 56.4 Å². The van der Waals surface area contributed by atoms with Crippen LogP contribution in [0.2, 0.25) is 0 Å². The Balaban J connectivity index is 1.53. The number of aromatic nitrogens is 2. The van der Waals surface area contributed by atoms with Crippen molar-refractivity contribution < 1.29 is 9.53 Å². The van der Waals surface area contributed by atoms with Crippen LogP contribution in [-0.2, 0) is 11.3 Å². The Morgan fingerprint density at radius 3 is 2.83 bits per heavy atom. The van der Waals surface area contributed by atoms with Crippen molar-refractivity contribution in [2.24, 2.45) is 0 Å². The lowest BCUT2D eigenvalue weighted by atomic mass is 10.1. The van der Waals surface area contributed by atoms with Gasteiger partial charge in [-0.2, -0.15) is 5.10 Å². The van der Waals surface area contributed by atoms with Gasteiger partial charge >= 0.3 is 6.03 Å². The molecule has 6 heteroatoms. The number of hydrogen-bond acceptors (Lipinski definition) is 3. The molecule has 2 aromatic rings. The summed E-state index contributed by atoms with van der Waals surface area (Å²) >= 11 is 0. The van der Waals surface area contributed by atoms with E-state index in [1.54, 1.807) is 6.20 Å². The van der Waals surface area contributed by atoms with Gasteiger partial charge in [0.15, 0.2) is 0 Å². The summed E-state index contributed by atoms with van der Waals surface area (Å²) in [6.45, 7) is 5.62. The molecule has 1 aromatic carbocycles. The van der Waals surface area contributed by atoms with E-state index in [2.05, 4.69) is 15.7 Å². The average molecular weight is 328 g/mol. The van der Waals surface area contributed by atoms with Crippen molar-refractivity contribution in [1.82, 2.24) is 9.78 Å². The van der Waals surface area contributed by atoms with Crippen molar-refractivity contribution in [3.8, 4) is 0 Å². The zero-order valence-electron chi connectivity index (χ0n) is 14.2. The minimum Gasteiger partial charge on any atom is -0.376 e. The summed E-state index contributed by atoms with van der Waals surface area (Å²) in [6.07, 6.45) is 7.11. The van der Waals surface area contributed by atoms with Gasteiger partial charge < -0.3 is 15.4 Å². The number of ether oxygens (including phenoxy) is 1. The summed E-state index contributed by atoms with van der Waals surface area (Å²) in [5.74, 6) is 0. The lowest BCUT2D eigenvalue weighted by Crippen LogP contribution is -2.24. The van der Waals surface area contributed by atoms with Gasteiger partial charge in [0.05, 0.1) is 24.5 Å². The highest BCUT2D eigenvalue weighted by molar-refractivity contribution is 5.99. The molecule has 1 aliphatic rings. The summed E-state index contributed by atoms with van der Waals surface area (Å²) in [5.41, 5.74) is 3.80. The highest BCUT2D eigenvalue weighted by Crippen LogP contribution is 2.16. The molecule has 1 fully saturated rings. The second kappa shape index (κ2) is 7.49. The maximum absolute atomic E-state index is 12.1. The highest BCUT2D eigenvalue weighted by Gasteiger charge is 2.15. The topological polar surface area (TPSA) is 68.2 Å². The SMILES string of the molecule is Cc1ccc(NC(=O)Nc2cnn(C[C@H]3CCCCO3)c2)cc1C. The molecule has 1 atom stereocenters. The number of nitrogens with one attached hydrogen (secondary N) is 2. The molecule has 128 valence electrons. The fourth-order valence-electron chi connectivity index (χ4n) is 2.80. The monoisotopic (exact) mass is 328 g/mol. The number of rotatable bonds is 4. The molecule has 0 unspecified atom stereocenters. The zero-order valence-corrected chi connectivity index (χ0v) is 14.2. The van der Waals surface area contributed by atoms with E-state index in [-0.39, 0.29) is 12.1 Å². The second-order valence-electron chi connectivity index (χ2n) is 6.32. The Morgan fingerprint density at radius 1 is 1.25 bits per heavy atom. The second-order valence-corrected chi connectivity index (χ2v) is 6.32. The van der Waals surface area contributed by atoms with Gasteiger partial charge in [-0.1, -0.05) is 6.07 Å². The molecule has 2 heterocycles. The summed E-state index contributed by atoms with van der Waals surface area (Å²) in [5, 5.41) is 9.94. The van der Waals surface area contributed by atoms with Crippen molar-refractivity contribution in [2.45, 2.75) is 45.8 Å². The lowest BCUT2D eigenvalue weighted by Gasteiger charge is -2.22. The molecular weight excluding hydrogens is 304 g/mol. The molecule has 1 aliphatic heterocycles. The predicted molar refractivity (Wildman–Crippen MR) is 94.4 cm³/mol. The van der Waals surface area contributed by atoms with Crippen LogP contribution in [0.1, 0.15) is 30.4 Å². The van der Waals surface area contributed by atoms with E-state index in [0.29, 0.717) is 5.69 Å². The van der Waals surface area contributed by atoms with Gasteiger partial charge in [-0.3, -0.25) is 4.68 Å². The number of nitrogens with zero attached hydrogens (tertiary/aromatic N) is 2. The molecular formula is C18H24N4O2. The number of benzene rings is 1. The van der Waals surface area contributed by atoms with E-state index < -0.39 is 0 Å². The van der Waals surface area contributed by atoms with Crippen LogP contribution < -0.4 is 10.6 Å². The summed E-state index contributed by atoms with van der Waals surface area (Å²) in [7, 11) is 0. The number of amides is 2. The molecule has 0 aliphatic carbocycles. The molecule has 24 heavy (non-hydrogen) atoms. The van der Waals surface area contributed by atoms with E-state index >= 15 is 0 Å². The third-order valence-electron chi connectivity index (χ3n) is 4.32. The number of carbonyl (C=O) groups excluding carboxylic acids is 1. The molecule has 0 spiro atoms. The number of aryl methyl sites for hydroxylation is 2. The smallest absolute Gasteiger partial charge is 0.323 e. The third-order valence-corrected chi connectivity index (χ3v) is 4.32. The quantitative estimate of drug-likeness (QED) is 0.899. The van der Waals surface area contributed by atoms with Crippen LogP contribution in [0.15, 0.2) is 30.6 Å². The Kier molecular flexibility index (Phi) is 5.15. The largest absolute Gasteiger partial charge is 0.376 e. The van der Waals surface area contributed by atoms with Crippen LogP contribution >= 0.6 is 0 Å². The highest BCUT2D eigenvalue weighted by atomic mass is 16.5. The van der Waals surface area contributed by atoms with Gasteiger partial charge in [-0.15, -0.1) is 0 Å². The zero-order chi connectivity index (χ0) is 16.9. The van der Waals surface area contributed by atoms with Crippen LogP contribution in [0.5, 0.6) is 0 Å². The molecule has 1 aromatic heterocycles. The Labute approximate surface area is 142 Å². The van der Waals surface area contributed by atoms with Gasteiger partial charge in [-0.25, -0.2) is 4.79 Å². The first-order chi connectivity index (χ1) is 11.6. The van der Waals surface area contributed by atoms with E-state index in [1.807, 2.05) is 42.9 Å². The van der Waals surface area contributed by atoms with Crippen molar-refractivity contribution in [1.29, 1.82) is 0 Å². The maximum atomic E-state index is 12.1. The van der Waals surface area contributed by atoms with Crippen molar-refractivity contribution >= 4 is 17.4 Å². The molecule has 0 bridgehead atoms. The normalized spacial score (nSPS) is 17.5. The van der Waals surface area contributed by atoms with Gasteiger partial charge in [0.1, 0.15) is 0 Å². The maximum Gasteiger partial charge on any atom is 0.323 e. The first-order valence-corrected chi connectivity index (χ1v) is 8.39. The Hall–Kier alpha value is -2.34. The standard InChI is InChI=1S/C18H24N4O2/c1-13-6-7-15(9-14(13)2)20-18(23)21-16-10-19-22(11-16)12-17-5-3-4-8-24-17/h6-7,9-11,17H,3-5,8,12H2,1-2H3,(H2,20,21,23)/t17-/m1/s1. The van der Waals surface area contributed by atoms with Crippen LogP contribution in [0.4, 0.5) is 16.2 Å².